The summed E-state index contributed by atoms with van der Waals surface area (Å²) in [4.78, 5) is 0. The quantitative estimate of drug-likeness (QED) is 0.683. The molecule has 0 spiro atoms. The zero-order chi connectivity index (χ0) is 19.3. The molecule has 2 aliphatic rings. The SMILES string of the molecule is N#CCC(O[C@H]1COC2[C@H](OC(CC#N)c3ccco3)CO[C@@H]21)c1ccco1. The molecule has 2 aliphatic heterocycles. The Kier molecular flexibility index (Phi) is 5.75. The van der Waals surface area contributed by atoms with Gasteiger partial charge in [0.1, 0.15) is 48.1 Å². The third kappa shape index (κ3) is 3.82. The minimum Gasteiger partial charge on any atom is -0.467 e. The molecule has 0 aromatic carbocycles. The Bertz CT molecular complexity index is 752. The average Bonchev–Trinajstić information content (AvgIpc) is 3.48. The maximum Gasteiger partial charge on any atom is 0.133 e. The van der Waals surface area contributed by atoms with E-state index in [0.29, 0.717) is 24.7 Å². The largest absolute Gasteiger partial charge is 0.467 e. The smallest absolute Gasteiger partial charge is 0.133 e. The molecule has 0 aliphatic carbocycles. The average molecular weight is 384 g/mol. The molecule has 3 unspecified atom stereocenters. The lowest BCUT2D eigenvalue weighted by atomic mass is 10.1. The molecule has 146 valence electrons. The van der Waals surface area contributed by atoms with Gasteiger partial charge in [0.15, 0.2) is 0 Å². The van der Waals surface area contributed by atoms with Crippen LogP contribution in [0.5, 0.6) is 0 Å². The van der Waals surface area contributed by atoms with E-state index in [2.05, 4.69) is 12.1 Å². The monoisotopic (exact) mass is 384 g/mol. The summed E-state index contributed by atoms with van der Waals surface area (Å²) < 4.78 is 34.7. The number of furan rings is 2. The van der Waals surface area contributed by atoms with E-state index in [-0.39, 0.29) is 37.3 Å². The zero-order valence-electron chi connectivity index (χ0n) is 15.1. The molecule has 2 aromatic heterocycles. The highest BCUT2D eigenvalue weighted by Gasteiger charge is 2.50. The van der Waals surface area contributed by atoms with E-state index >= 15 is 0 Å². The van der Waals surface area contributed by atoms with E-state index in [0.717, 1.165) is 0 Å². The highest BCUT2D eigenvalue weighted by molar-refractivity contribution is 5.07. The van der Waals surface area contributed by atoms with Crippen molar-refractivity contribution in [3.63, 3.8) is 0 Å². The maximum absolute atomic E-state index is 9.09. The van der Waals surface area contributed by atoms with Crippen molar-refractivity contribution in [1.29, 1.82) is 10.5 Å². The first kappa shape index (κ1) is 18.7. The van der Waals surface area contributed by atoms with Crippen LogP contribution in [0.25, 0.3) is 0 Å². The lowest BCUT2D eigenvalue weighted by Crippen LogP contribution is -2.35. The van der Waals surface area contributed by atoms with Gasteiger partial charge in [0, 0.05) is 0 Å². The van der Waals surface area contributed by atoms with Crippen molar-refractivity contribution in [1.82, 2.24) is 0 Å². The highest BCUT2D eigenvalue weighted by atomic mass is 16.6. The molecule has 28 heavy (non-hydrogen) atoms. The van der Waals surface area contributed by atoms with Crippen molar-refractivity contribution >= 4 is 0 Å². The molecule has 4 heterocycles. The van der Waals surface area contributed by atoms with Crippen molar-refractivity contribution in [2.45, 2.75) is 49.5 Å². The van der Waals surface area contributed by atoms with E-state index in [1.165, 1.54) is 0 Å². The summed E-state index contributed by atoms with van der Waals surface area (Å²) in [5.74, 6) is 1.20. The molecular formula is C20H20N2O6. The first-order valence-corrected chi connectivity index (χ1v) is 9.15. The van der Waals surface area contributed by atoms with Crippen LogP contribution in [0.4, 0.5) is 0 Å². The molecule has 2 fully saturated rings. The summed E-state index contributed by atoms with van der Waals surface area (Å²) in [5.41, 5.74) is 0. The van der Waals surface area contributed by atoms with E-state index in [4.69, 9.17) is 38.3 Å². The van der Waals surface area contributed by atoms with Gasteiger partial charge in [-0.05, 0) is 24.3 Å². The van der Waals surface area contributed by atoms with E-state index in [1.54, 1.807) is 36.8 Å². The van der Waals surface area contributed by atoms with E-state index in [9.17, 15) is 0 Å². The summed E-state index contributed by atoms with van der Waals surface area (Å²) in [7, 11) is 0. The second kappa shape index (κ2) is 8.59. The lowest BCUT2D eigenvalue weighted by molar-refractivity contribution is -0.0923. The van der Waals surface area contributed by atoms with Crippen molar-refractivity contribution in [2.75, 3.05) is 13.2 Å². The Morgan fingerprint density at radius 3 is 1.68 bits per heavy atom. The Morgan fingerprint density at radius 1 is 0.857 bits per heavy atom. The second-order valence-electron chi connectivity index (χ2n) is 6.68. The zero-order valence-corrected chi connectivity index (χ0v) is 15.1. The van der Waals surface area contributed by atoms with E-state index in [1.807, 2.05) is 0 Å². The summed E-state index contributed by atoms with van der Waals surface area (Å²) in [6.45, 7) is 0.670. The summed E-state index contributed by atoms with van der Waals surface area (Å²) in [6.07, 6.45) is 1.21. The number of hydrogen-bond acceptors (Lipinski definition) is 8. The minimum atomic E-state index is -0.481. The number of hydrogen-bond donors (Lipinski definition) is 0. The van der Waals surface area contributed by atoms with Gasteiger partial charge >= 0.3 is 0 Å². The predicted molar refractivity (Wildman–Crippen MR) is 92.6 cm³/mol. The maximum atomic E-state index is 9.09. The van der Waals surface area contributed by atoms with Gasteiger partial charge in [-0.25, -0.2) is 0 Å². The first-order valence-electron chi connectivity index (χ1n) is 9.15. The highest BCUT2D eigenvalue weighted by Crippen LogP contribution is 2.36. The molecule has 0 radical (unpaired) electrons. The fourth-order valence-corrected chi connectivity index (χ4v) is 3.63. The molecule has 6 atom stereocenters. The summed E-state index contributed by atoms with van der Waals surface area (Å²) in [5, 5.41) is 18.2. The van der Waals surface area contributed by atoms with E-state index < -0.39 is 12.2 Å². The van der Waals surface area contributed by atoms with Gasteiger partial charge in [0.05, 0.1) is 50.7 Å². The molecule has 2 saturated heterocycles. The summed E-state index contributed by atoms with van der Waals surface area (Å²) >= 11 is 0. The molecule has 8 heteroatoms. The Morgan fingerprint density at radius 2 is 1.32 bits per heavy atom. The van der Waals surface area contributed by atoms with Crippen LogP contribution in [0.15, 0.2) is 45.6 Å². The van der Waals surface area contributed by atoms with Crippen LogP contribution in [-0.4, -0.2) is 37.6 Å². The van der Waals surface area contributed by atoms with Crippen molar-refractivity contribution in [2.24, 2.45) is 0 Å². The third-order valence-corrected chi connectivity index (χ3v) is 4.92. The van der Waals surface area contributed by atoms with Gasteiger partial charge in [0.25, 0.3) is 0 Å². The van der Waals surface area contributed by atoms with Crippen molar-refractivity contribution in [3.8, 4) is 12.1 Å². The minimum absolute atomic E-state index is 0.171. The van der Waals surface area contributed by atoms with Gasteiger partial charge in [0.2, 0.25) is 0 Å². The van der Waals surface area contributed by atoms with Crippen molar-refractivity contribution < 1.29 is 27.8 Å². The van der Waals surface area contributed by atoms with Gasteiger partial charge in [-0.1, -0.05) is 0 Å². The van der Waals surface area contributed by atoms with Gasteiger partial charge in [-0.3, -0.25) is 0 Å². The number of nitriles is 2. The van der Waals surface area contributed by atoms with Crippen LogP contribution >= 0.6 is 0 Å². The third-order valence-electron chi connectivity index (χ3n) is 4.92. The van der Waals surface area contributed by atoms with Crippen LogP contribution in [0.3, 0.4) is 0 Å². The van der Waals surface area contributed by atoms with Crippen molar-refractivity contribution in [3.05, 3.63) is 48.3 Å². The molecule has 0 bridgehead atoms. The topological polar surface area (TPSA) is 111 Å². The Labute approximate surface area is 162 Å². The molecule has 2 aromatic rings. The lowest BCUT2D eigenvalue weighted by Gasteiger charge is -2.22. The molecular weight excluding hydrogens is 364 g/mol. The number of rotatable bonds is 8. The van der Waals surface area contributed by atoms with Gasteiger partial charge < -0.3 is 27.8 Å². The Balaban J connectivity index is 1.40. The van der Waals surface area contributed by atoms with Crippen LogP contribution in [0.2, 0.25) is 0 Å². The Hall–Kier alpha value is -2.62. The van der Waals surface area contributed by atoms with Gasteiger partial charge in [-0.2, -0.15) is 10.5 Å². The second-order valence-corrected chi connectivity index (χ2v) is 6.68. The van der Waals surface area contributed by atoms with Crippen LogP contribution in [0.1, 0.15) is 36.6 Å². The summed E-state index contributed by atoms with van der Waals surface area (Å²) in [6, 6.07) is 11.3. The number of ether oxygens (including phenoxy) is 4. The standard InChI is InChI=1S/C20H20N2O6/c21-7-5-15(13-3-1-9-23-13)27-17-11-25-20-18(12-26-19(17)20)28-16(6-8-22)14-4-2-10-24-14/h1-4,9-10,15-20H,5-6,11-12H2/t15?,16?,17-,18+,19+,20?/m0/s1. The number of fused-ring (bicyclic) bond motifs is 1. The van der Waals surface area contributed by atoms with Crippen LogP contribution in [-0.2, 0) is 18.9 Å². The van der Waals surface area contributed by atoms with Crippen LogP contribution in [0, 0.1) is 22.7 Å². The van der Waals surface area contributed by atoms with Crippen LogP contribution < -0.4 is 0 Å². The number of nitrogens with zero attached hydrogens (tertiary/aromatic N) is 2. The first-order chi connectivity index (χ1) is 13.8. The molecule has 0 saturated carbocycles. The van der Waals surface area contributed by atoms with Gasteiger partial charge in [-0.15, -0.1) is 0 Å². The normalized spacial score (nSPS) is 28.4. The molecule has 4 rings (SSSR count). The molecule has 8 nitrogen and oxygen atoms in total. The fraction of sp³-hybridized carbons (Fsp3) is 0.500. The fourth-order valence-electron chi connectivity index (χ4n) is 3.63. The predicted octanol–water partition coefficient (Wildman–Crippen LogP) is 3.05. The molecule has 0 amide bonds. The molecule has 0 N–H and O–H groups in total.